The first kappa shape index (κ1) is 14.2. The van der Waals surface area contributed by atoms with Crippen LogP contribution in [0, 0.1) is 5.82 Å². The van der Waals surface area contributed by atoms with Crippen molar-refractivity contribution in [2.45, 2.75) is 18.9 Å². The van der Waals surface area contributed by atoms with E-state index in [4.69, 9.17) is 0 Å². The van der Waals surface area contributed by atoms with Gasteiger partial charge in [0.05, 0.1) is 6.04 Å². The SMILES string of the molecule is CN1CCCC1C(=O)c1sc(-c2cccc(F)c2)nc1O. The Morgan fingerprint density at radius 3 is 3.00 bits per heavy atom. The van der Waals surface area contributed by atoms with Crippen LogP contribution in [0.15, 0.2) is 24.3 Å². The Morgan fingerprint density at radius 1 is 1.52 bits per heavy atom. The maximum absolute atomic E-state index is 13.3. The molecule has 0 aliphatic carbocycles. The van der Waals surface area contributed by atoms with Crippen LogP contribution in [-0.4, -0.2) is 40.4 Å². The molecule has 3 rings (SSSR count). The standard InChI is InChI=1S/C15H15FN2O2S/c1-18-7-3-6-11(18)12(19)13-14(20)17-15(21-13)9-4-2-5-10(16)8-9/h2,4-5,8,11,20H,3,6-7H2,1H3. The van der Waals surface area contributed by atoms with Crippen LogP contribution in [0.1, 0.15) is 22.5 Å². The van der Waals surface area contributed by atoms with Gasteiger partial charge in [0.25, 0.3) is 0 Å². The number of ketones is 1. The van der Waals surface area contributed by atoms with Crippen LogP contribution in [-0.2, 0) is 0 Å². The molecule has 1 saturated heterocycles. The quantitative estimate of drug-likeness (QED) is 0.886. The molecular formula is C15H15FN2O2S. The summed E-state index contributed by atoms with van der Waals surface area (Å²) in [5.74, 6) is -0.734. The van der Waals surface area contributed by atoms with E-state index < -0.39 is 0 Å². The second-order valence-corrected chi connectivity index (χ2v) is 6.18. The first-order chi connectivity index (χ1) is 10.1. The van der Waals surface area contributed by atoms with Crippen LogP contribution in [0.2, 0.25) is 0 Å². The van der Waals surface area contributed by atoms with Crippen molar-refractivity contribution in [2.75, 3.05) is 13.6 Å². The highest BCUT2D eigenvalue weighted by molar-refractivity contribution is 7.17. The monoisotopic (exact) mass is 306 g/mol. The predicted octanol–water partition coefficient (Wildman–Crippen LogP) is 2.93. The van der Waals surface area contributed by atoms with Gasteiger partial charge in [-0.05, 0) is 38.6 Å². The average Bonchev–Trinajstić information content (AvgIpc) is 3.04. The van der Waals surface area contributed by atoms with Crippen LogP contribution >= 0.6 is 11.3 Å². The van der Waals surface area contributed by atoms with Gasteiger partial charge >= 0.3 is 0 Å². The van der Waals surface area contributed by atoms with Crippen molar-refractivity contribution in [2.24, 2.45) is 0 Å². The maximum Gasteiger partial charge on any atom is 0.233 e. The Kier molecular flexibility index (Phi) is 3.73. The highest BCUT2D eigenvalue weighted by Crippen LogP contribution is 2.34. The fraction of sp³-hybridized carbons (Fsp3) is 0.333. The zero-order valence-electron chi connectivity index (χ0n) is 11.5. The van der Waals surface area contributed by atoms with Gasteiger partial charge < -0.3 is 5.11 Å². The zero-order chi connectivity index (χ0) is 15.0. The topological polar surface area (TPSA) is 53.4 Å². The maximum atomic E-state index is 13.3. The van der Waals surface area contributed by atoms with Gasteiger partial charge in [0.15, 0.2) is 5.78 Å². The van der Waals surface area contributed by atoms with Crippen molar-refractivity contribution in [3.05, 3.63) is 35.0 Å². The number of likely N-dealkylation sites (N-methyl/N-ethyl adjacent to an activating group) is 1. The molecule has 1 fully saturated rings. The number of benzene rings is 1. The van der Waals surface area contributed by atoms with Gasteiger partial charge in [0.1, 0.15) is 15.7 Å². The number of rotatable bonds is 3. The Morgan fingerprint density at radius 2 is 2.33 bits per heavy atom. The first-order valence-corrected chi connectivity index (χ1v) is 7.58. The van der Waals surface area contributed by atoms with Crippen LogP contribution in [0.3, 0.4) is 0 Å². The van der Waals surface area contributed by atoms with Gasteiger partial charge in [-0.3, -0.25) is 9.69 Å². The molecule has 1 aliphatic rings. The van der Waals surface area contributed by atoms with Gasteiger partial charge in [-0.1, -0.05) is 12.1 Å². The molecule has 0 radical (unpaired) electrons. The number of aromatic nitrogens is 1. The molecule has 0 spiro atoms. The van der Waals surface area contributed by atoms with Crippen LogP contribution in [0.4, 0.5) is 4.39 Å². The molecule has 4 nitrogen and oxygen atoms in total. The number of nitrogens with zero attached hydrogens (tertiary/aromatic N) is 2. The van der Waals surface area contributed by atoms with E-state index in [1.165, 1.54) is 12.1 Å². The number of carbonyl (C=O) groups excluding carboxylic acids is 1. The van der Waals surface area contributed by atoms with Crippen molar-refractivity contribution in [1.82, 2.24) is 9.88 Å². The second kappa shape index (κ2) is 5.54. The zero-order valence-corrected chi connectivity index (χ0v) is 12.4. The van der Waals surface area contributed by atoms with Gasteiger partial charge in [0.2, 0.25) is 5.88 Å². The lowest BCUT2D eigenvalue weighted by molar-refractivity contribution is 0.0892. The molecule has 110 valence electrons. The molecular weight excluding hydrogens is 291 g/mol. The minimum absolute atomic E-state index is 0.104. The molecule has 6 heteroatoms. The first-order valence-electron chi connectivity index (χ1n) is 6.76. The summed E-state index contributed by atoms with van der Waals surface area (Å²) in [4.78, 5) is 18.7. The van der Waals surface area contributed by atoms with E-state index in [0.29, 0.717) is 10.6 Å². The second-order valence-electron chi connectivity index (χ2n) is 5.18. The number of Topliss-reactive ketones (excluding diaryl/α,β-unsaturated/α-hetero) is 1. The fourth-order valence-electron chi connectivity index (χ4n) is 2.61. The number of hydrogen-bond acceptors (Lipinski definition) is 5. The number of hydrogen-bond donors (Lipinski definition) is 1. The smallest absolute Gasteiger partial charge is 0.233 e. The molecule has 1 N–H and O–H groups in total. The van der Waals surface area contributed by atoms with E-state index in [9.17, 15) is 14.3 Å². The summed E-state index contributed by atoms with van der Waals surface area (Å²) in [6.07, 6.45) is 1.77. The third-order valence-electron chi connectivity index (χ3n) is 3.73. The van der Waals surface area contributed by atoms with Crippen molar-refractivity contribution in [1.29, 1.82) is 0 Å². The predicted molar refractivity (Wildman–Crippen MR) is 79.2 cm³/mol. The van der Waals surface area contributed by atoms with E-state index in [1.807, 2.05) is 11.9 Å². The molecule has 1 aliphatic heterocycles. The van der Waals surface area contributed by atoms with Crippen LogP contribution in [0.25, 0.3) is 10.6 Å². The largest absolute Gasteiger partial charge is 0.492 e. The summed E-state index contributed by atoms with van der Waals surface area (Å²) in [5, 5.41) is 10.4. The summed E-state index contributed by atoms with van der Waals surface area (Å²) >= 11 is 1.11. The number of thiazole rings is 1. The highest BCUT2D eigenvalue weighted by atomic mass is 32.1. The summed E-state index contributed by atoms with van der Waals surface area (Å²) in [7, 11) is 1.90. The van der Waals surface area contributed by atoms with Crippen molar-refractivity contribution in [3.63, 3.8) is 0 Å². The minimum Gasteiger partial charge on any atom is -0.492 e. The normalized spacial score (nSPS) is 19.0. The van der Waals surface area contributed by atoms with E-state index >= 15 is 0 Å². The van der Waals surface area contributed by atoms with Gasteiger partial charge in [-0.2, -0.15) is 0 Å². The average molecular weight is 306 g/mol. The summed E-state index contributed by atoms with van der Waals surface area (Å²) in [6, 6.07) is 5.77. The third-order valence-corrected chi connectivity index (χ3v) is 4.84. The number of likely N-dealkylation sites (tertiary alicyclic amines) is 1. The van der Waals surface area contributed by atoms with Gasteiger partial charge in [0, 0.05) is 5.56 Å². The lowest BCUT2D eigenvalue weighted by Crippen LogP contribution is -2.32. The van der Waals surface area contributed by atoms with E-state index in [-0.39, 0.29) is 28.4 Å². The fourth-order valence-corrected chi connectivity index (χ4v) is 3.55. The van der Waals surface area contributed by atoms with Crippen molar-refractivity contribution < 1.29 is 14.3 Å². The molecule has 1 unspecified atom stereocenters. The molecule has 2 aromatic rings. The summed E-state index contributed by atoms with van der Waals surface area (Å²) in [5.41, 5.74) is 0.564. The molecule has 1 atom stereocenters. The third kappa shape index (κ3) is 2.69. The van der Waals surface area contributed by atoms with E-state index in [1.54, 1.807) is 12.1 Å². The Bertz CT molecular complexity index is 686. The molecule has 0 amide bonds. The van der Waals surface area contributed by atoms with Crippen LogP contribution < -0.4 is 0 Å². The minimum atomic E-state index is -0.370. The van der Waals surface area contributed by atoms with Gasteiger partial charge in [-0.25, -0.2) is 9.37 Å². The highest BCUT2D eigenvalue weighted by Gasteiger charge is 2.32. The van der Waals surface area contributed by atoms with Crippen molar-refractivity contribution >= 4 is 17.1 Å². The van der Waals surface area contributed by atoms with Gasteiger partial charge in [-0.15, -0.1) is 11.3 Å². The number of carbonyl (C=O) groups is 1. The summed E-state index contributed by atoms with van der Waals surface area (Å²) < 4.78 is 13.3. The number of halogens is 1. The molecule has 0 saturated carbocycles. The Balaban J connectivity index is 1.93. The lowest BCUT2D eigenvalue weighted by atomic mass is 10.1. The molecule has 2 heterocycles. The molecule has 21 heavy (non-hydrogen) atoms. The van der Waals surface area contributed by atoms with E-state index in [0.717, 1.165) is 30.7 Å². The molecule has 1 aromatic heterocycles. The molecule has 0 bridgehead atoms. The lowest BCUT2D eigenvalue weighted by Gasteiger charge is -2.16. The Labute approximate surface area is 125 Å². The Hall–Kier alpha value is -1.79. The number of aromatic hydroxyl groups is 1. The van der Waals surface area contributed by atoms with Crippen LogP contribution in [0.5, 0.6) is 5.88 Å². The van der Waals surface area contributed by atoms with Crippen molar-refractivity contribution in [3.8, 4) is 16.5 Å². The summed E-state index contributed by atoms with van der Waals surface area (Å²) in [6.45, 7) is 0.882. The van der Waals surface area contributed by atoms with E-state index in [2.05, 4.69) is 4.98 Å². The molecule has 1 aromatic carbocycles.